The Bertz CT molecular complexity index is 1070. The Labute approximate surface area is 159 Å². The van der Waals surface area contributed by atoms with Crippen LogP contribution in [-0.2, 0) is 0 Å². The monoisotopic (exact) mass is 379 g/mol. The first-order valence-corrected chi connectivity index (χ1v) is 8.58. The molecule has 0 saturated carbocycles. The fourth-order valence-corrected chi connectivity index (χ4v) is 3.34. The van der Waals surface area contributed by atoms with Crippen LogP contribution in [0.3, 0.4) is 0 Å². The summed E-state index contributed by atoms with van der Waals surface area (Å²) in [7, 11) is 0. The summed E-state index contributed by atoms with van der Waals surface area (Å²) in [6.45, 7) is 1.80. The number of imide groups is 1. The van der Waals surface area contributed by atoms with Crippen LogP contribution in [0.5, 0.6) is 0 Å². The fourth-order valence-electron chi connectivity index (χ4n) is 3.07. The van der Waals surface area contributed by atoms with Gasteiger partial charge in [-0.05, 0) is 43.3 Å². The first-order chi connectivity index (χ1) is 13.0. The number of carbonyl (C=O) groups is 3. The van der Waals surface area contributed by atoms with E-state index in [2.05, 4.69) is 10.3 Å². The zero-order valence-corrected chi connectivity index (χ0v) is 15.0. The van der Waals surface area contributed by atoms with Gasteiger partial charge in [-0.1, -0.05) is 23.7 Å². The zero-order chi connectivity index (χ0) is 19.1. The molecular weight excluding hydrogens is 366 g/mol. The molecular formula is C20H14ClN3O3. The largest absolute Gasteiger partial charge is 0.365 e. The minimum absolute atomic E-state index is 0.188. The quantitative estimate of drug-likeness (QED) is 0.674. The molecule has 0 fully saturated rings. The molecule has 3 aromatic rings. The predicted octanol–water partition coefficient (Wildman–Crippen LogP) is 4.03. The second kappa shape index (κ2) is 6.41. The van der Waals surface area contributed by atoms with Crippen molar-refractivity contribution in [3.8, 4) is 0 Å². The molecule has 3 amide bonds. The van der Waals surface area contributed by atoms with Gasteiger partial charge < -0.3 is 10.3 Å². The molecule has 0 aliphatic carbocycles. The molecule has 27 heavy (non-hydrogen) atoms. The highest BCUT2D eigenvalue weighted by molar-refractivity contribution is 6.40. The summed E-state index contributed by atoms with van der Waals surface area (Å²) >= 11 is 6.32. The molecule has 2 N–H and O–H groups in total. The molecule has 1 aliphatic heterocycles. The van der Waals surface area contributed by atoms with Gasteiger partial charge in [0.2, 0.25) is 0 Å². The zero-order valence-electron chi connectivity index (χ0n) is 14.2. The third-order valence-electron chi connectivity index (χ3n) is 4.44. The SMILES string of the molecule is Cc1[nH]ccc1C(=O)Nc1ccc(N2C(=O)c3ccccc3C2=O)c(Cl)c1. The number of anilines is 2. The molecule has 0 saturated heterocycles. The van der Waals surface area contributed by atoms with Crippen LogP contribution in [0.2, 0.25) is 5.02 Å². The van der Waals surface area contributed by atoms with Crippen molar-refractivity contribution in [1.29, 1.82) is 0 Å². The van der Waals surface area contributed by atoms with Crippen LogP contribution in [0.1, 0.15) is 36.8 Å². The summed E-state index contributed by atoms with van der Waals surface area (Å²) in [5, 5.41) is 2.94. The van der Waals surface area contributed by atoms with Gasteiger partial charge in [-0.25, -0.2) is 4.90 Å². The van der Waals surface area contributed by atoms with Crippen LogP contribution in [0.15, 0.2) is 54.7 Å². The van der Waals surface area contributed by atoms with Crippen molar-refractivity contribution in [2.45, 2.75) is 6.92 Å². The van der Waals surface area contributed by atoms with Gasteiger partial charge in [0.1, 0.15) is 0 Å². The minimum Gasteiger partial charge on any atom is -0.365 e. The Morgan fingerprint density at radius 2 is 1.70 bits per heavy atom. The molecule has 2 aromatic carbocycles. The molecule has 2 heterocycles. The average molecular weight is 380 g/mol. The Hall–Kier alpha value is -3.38. The molecule has 7 heteroatoms. The number of rotatable bonds is 3. The Morgan fingerprint density at radius 1 is 1.04 bits per heavy atom. The number of aromatic nitrogens is 1. The number of hydrogen-bond donors (Lipinski definition) is 2. The van der Waals surface area contributed by atoms with Crippen molar-refractivity contribution in [1.82, 2.24) is 4.98 Å². The molecule has 0 spiro atoms. The van der Waals surface area contributed by atoms with Crippen LogP contribution in [0, 0.1) is 6.92 Å². The molecule has 134 valence electrons. The molecule has 6 nitrogen and oxygen atoms in total. The van der Waals surface area contributed by atoms with E-state index in [1.165, 1.54) is 6.07 Å². The highest BCUT2D eigenvalue weighted by atomic mass is 35.5. The van der Waals surface area contributed by atoms with E-state index >= 15 is 0 Å². The summed E-state index contributed by atoms with van der Waals surface area (Å²) in [6, 6.07) is 13.0. The Kier molecular flexibility index (Phi) is 4.05. The number of amides is 3. The second-order valence-corrected chi connectivity index (χ2v) is 6.54. The standard InChI is InChI=1S/C20H14ClN3O3/c1-11-13(8-9-22-11)18(25)23-12-6-7-17(16(21)10-12)24-19(26)14-4-2-3-5-15(14)20(24)27/h2-10,22H,1H3,(H,23,25). The van der Waals surface area contributed by atoms with Crippen molar-refractivity contribution in [3.63, 3.8) is 0 Å². The number of benzene rings is 2. The molecule has 1 aromatic heterocycles. The van der Waals surface area contributed by atoms with Gasteiger partial charge in [0.05, 0.1) is 27.4 Å². The number of H-pyrrole nitrogens is 1. The maximum Gasteiger partial charge on any atom is 0.266 e. The highest BCUT2D eigenvalue weighted by Gasteiger charge is 2.37. The average Bonchev–Trinajstić information content (AvgIpc) is 3.18. The summed E-state index contributed by atoms with van der Waals surface area (Å²) in [4.78, 5) is 41.5. The summed E-state index contributed by atoms with van der Waals surface area (Å²) in [5.74, 6) is -1.12. The van der Waals surface area contributed by atoms with Crippen LogP contribution >= 0.6 is 11.6 Å². The third-order valence-corrected chi connectivity index (χ3v) is 4.74. The van der Waals surface area contributed by atoms with Gasteiger partial charge in [-0.15, -0.1) is 0 Å². The first kappa shape index (κ1) is 17.1. The van der Waals surface area contributed by atoms with E-state index in [0.29, 0.717) is 22.4 Å². The number of aryl methyl sites for hydroxylation is 1. The van der Waals surface area contributed by atoms with Gasteiger partial charge in [0.25, 0.3) is 17.7 Å². The van der Waals surface area contributed by atoms with Crippen LogP contribution in [0.25, 0.3) is 0 Å². The van der Waals surface area contributed by atoms with E-state index in [1.807, 2.05) is 0 Å². The number of carbonyl (C=O) groups excluding carboxylic acids is 3. The fraction of sp³-hybridized carbons (Fsp3) is 0.0500. The molecule has 0 unspecified atom stereocenters. The van der Waals surface area contributed by atoms with Gasteiger partial charge in [-0.3, -0.25) is 14.4 Å². The van der Waals surface area contributed by atoms with Crippen molar-refractivity contribution in [2.75, 3.05) is 10.2 Å². The first-order valence-electron chi connectivity index (χ1n) is 8.20. The van der Waals surface area contributed by atoms with Gasteiger partial charge in [0.15, 0.2) is 0 Å². The van der Waals surface area contributed by atoms with E-state index in [9.17, 15) is 14.4 Å². The molecule has 0 bridgehead atoms. The number of aromatic amines is 1. The Morgan fingerprint density at radius 3 is 2.26 bits per heavy atom. The van der Waals surface area contributed by atoms with Crippen LogP contribution in [-0.4, -0.2) is 22.7 Å². The lowest BCUT2D eigenvalue weighted by molar-refractivity contribution is 0.0924. The normalized spacial score (nSPS) is 13.0. The maximum atomic E-state index is 12.6. The van der Waals surface area contributed by atoms with E-state index in [-0.39, 0.29) is 16.6 Å². The van der Waals surface area contributed by atoms with Crippen molar-refractivity contribution >= 4 is 40.7 Å². The minimum atomic E-state index is -0.419. The lowest BCUT2D eigenvalue weighted by atomic mass is 10.1. The van der Waals surface area contributed by atoms with Crippen molar-refractivity contribution in [3.05, 3.63) is 82.1 Å². The number of fused-ring (bicyclic) bond motifs is 1. The van der Waals surface area contributed by atoms with E-state index in [0.717, 1.165) is 10.6 Å². The maximum absolute atomic E-state index is 12.6. The molecule has 0 atom stereocenters. The van der Waals surface area contributed by atoms with E-state index in [1.54, 1.807) is 55.6 Å². The van der Waals surface area contributed by atoms with Gasteiger partial charge >= 0.3 is 0 Å². The van der Waals surface area contributed by atoms with E-state index in [4.69, 9.17) is 11.6 Å². The van der Waals surface area contributed by atoms with Crippen LogP contribution < -0.4 is 10.2 Å². The predicted molar refractivity (Wildman–Crippen MR) is 103 cm³/mol. The van der Waals surface area contributed by atoms with Crippen molar-refractivity contribution in [2.24, 2.45) is 0 Å². The van der Waals surface area contributed by atoms with Crippen LogP contribution in [0.4, 0.5) is 11.4 Å². The summed E-state index contributed by atoms with van der Waals surface area (Å²) in [5.41, 5.74) is 2.71. The molecule has 1 aliphatic rings. The lowest BCUT2D eigenvalue weighted by Crippen LogP contribution is -2.29. The van der Waals surface area contributed by atoms with Gasteiger partial charge in [0, 0.05) is 17.6 Å². The smallest absolute Gasteiger partial charge is 0.266 e. The highest BCUT2D eigenvalue weighted by Crippen LogP contribution is 2.34. The van der Waals surface area contributed by atoms with Crippen molar-refractivity contribution < 1.29 is 14.4 Å². The van der Waals surface area contributed by atoms with E-state index < -0.39 is 11.8 Å². The number of hydrogen-bond acceptors (Lipinski definition) is 3. The number of halogens is 1. The molecule has 0 radical (unpaired) electrons. The second-order valence-electron chi connectivity index (χ2n) is 6.13. The summed E-state index contributed by atoms with van der Waals surface area (Å²) in [6.07, 6.45) is 1.68. The summed E-state index contributed by atoms with van der Waals surface area (Å²) < 4.78 is 0. The number of nitrogens with one attached hydrogen (secondary N) is 2. The Balaban J connectivity index is 1.62. The number of nitrogens with zero attached hydrogens (tertiary/aromatic N) is 1. The molecule has 4 rings (SSSR count). The topological polar surface area (TPSA) is 82.3 Å². The lowest BCUT2D eigenvalue weighted by Gasteiger charge is -2.16. The van der Waals surface area contributed by atoms with Gasteiger partial charge in [-0.2, -0.15) is 0 Å². The third kappa shape index (κ3) is 2.80.